The molecule has 0 saturated carbocycles. The van der Waals surface area contributed by atoms with Crippen molar-refractivity contribution in [2.24, 2.45) is 0 Å². The molecule has 0 saturated heterocycles. The van der Waals surface area contributed by atoms with Crippen molar-refractivity contribution in [2.75, 3.05) is 25.6 Å². The fourth-order valence-electron chi connectivity index (χ4n) is 5.30. The van der Waals surface area contributed by atoms with Gasteiger partial charge in [-0.3, -0.25) is 4.79 Å². The van der Waals surface area contributed by atoms with E-state index in [1.165, 1.54) is 19.4 Å². The first-order chi connectivity index (χ1) is 18.7. The minimum atomic E-state index is -2.72. The zero-order chi connectivity index (χ0) is 27.8. The first kappa shape index (κ1) is 26.3. The van der Waals surface area contributed by atoms with Crippen LogP contribution in [0.4, 0.5) is 20.2 Å². The Kier molecular flexibility index (Phi) is 7.08. The number of nitrogens with one attached hydrogen (secondary N) is 2. The number of hydrogen-bond acceptors (Lipinski definition) is 5. The largest absolute Gasteiger partial charge is 0.464 e. The number of methoxy groups -OCH3 is 1. The van der Waals surface area contributed by atoms with Gasteiger partial charge in [-0.2, -0.15) is 0 Å². The average Bonchev–Trinajstić information content (AvgIpc) is 3.38. The number of carbonyl (C=O) groups excluding carboxylic acids is 2. The molecule has 0 aliphatic carbocycles. The number of carbonyl (C=O) groups is 2. The molecule has 2 N–H and O–H groups in total. The van der Waals surface area contributed by atoms with E-state index in [2.05, 4.69) is 40.1 Å². The third-order valence-corrected chi connectivity index (χ3v) is 7.28. The van der Waals surface area contributed by atoms with Crippen molar-refractivity contribution in [3.63, 3.8) is 0 Å². The summed E-state index contributed by atoms with van der Waals surface area (Å²) in [6.07, 6.45) is 2.00. The highest BCUT2D eigenvalue weighted by Gasteiger charge is 2.26. The molecule has 4 aromatic rings. The summed E-state index contributed by atoms with van der Waals surface area (Å²) < 4.78 is 33.6. The van der Waals surface area contributed by atoms with Gasteiger partial charge in [-0.05, 0) is 65.8 Å². The van der Waals surface area contributed by atoms with Crippen molar-refractivity contribution in [3.05, 3.63) is 76.7 Å². The number of aryl methyl sites for hydroxylation is 1. The number of benzene rings is 2. The van der Waals surface area contributed by atoms with Crippen LogP contribution in [0.15, 0.2) is 48.8 Å². The molecule has 0 spiro atoms. The summed E-state index contributed by atoms with van der Waals surface area (Å²) in [5.74, 6) is -0.604. The predicted octanol–water partition coefficient (Wildman–Crippen LogP) is 6.52. The van der Waals surface area contributed by atoms with E-state index in [0.29, 0.717) is 23.2 Å². The zero-order valence-corrected chi connectivity index (χ0v) is 22.3. The van der Waals surface area contributed by atoms with Crippen LogP contribution in [-0.2, 0) is 11.2 Å². The van der Waals surface area contributed by atoms with Gasteiger partial charge in [0.05, 0.1) is 12.7 Å². The van der Waals surface area contributed by atoms with Crippen molar-refractivity contribution in [1.29, 1.82) is 0 Å². The first-order valence-corrected chi connectivity index (χ1v) is 12.9. The Morgan fingerprint density at radius 1 is 1.13 bits per heavy atom. The van der Waals surface area contributed by atoms with Crippen molar-refractivity contribution >= 4 is 34.2 Å². The monoisotopic (exact) mass is 532 g/mol. The van der Waals surface area contributed by atoms with Gasteiger partial charge in [-0.25, -0.2) is 18.6 Å². The Balaban J connectivity index is 1.64. The van der Waals surface area contributed by atoms with Crippen LogP contribution in [0.3, 0.4) is 0 Å². The second-order valence-electron chi connectivity index (χ2n) is 9.94. The van der Waals surface area contributed by atoms with Crippen molar-refractivity contribution in [3.8, 4) is 11.1 Å². The highest BCUT2D eigenvalue weighted by molar-refractivity contribution is 6.08. The minimum Gasteiger partial charge on any atom is -0.464 e. The number of rotatable bonds is 6. The molecule has 1 amide bonds. The van der Waals surface area contributed by atoms with Crippen LogP contribution in [0.5, 0.6) is 0 Å². The van der Waals surface area contributed by atoms with E-state index >= 15 is 0 Å². The average molecular weight is 533 g/mol. The molecule has 0 fully saturated rings. The summed E-state index contributed by atoms with van der Waals surface area (Å²) in [6.45, 7) is 4.83. The number of fused-ring (bicyclic) bond motifs is 2. The van der Waals surface area contributed by atoms with E-state index in [1.807, 2.05) is 12.1 Å². The maximum Gasteiger partial charge on any atom is 0.356 e. The summed E-state index contributed by atoms with van der Waals surface area (Å²) in [4.78, 5) is 33.8. The third kappa shape index (κ3) is 4.73. The standard InChI is InChI=1S/C30H30F2N4O3/c1-16(2)20-11-19(12-22-24(29(37)33-3)15-35-27(20)22)36-9-5-6-17-10-21(23(28(31)32)13-26(17)36)18-7-8-25(34-14-18)30(38)39-4/h7-8,10-16,28,35H,5-6,9H2,1-4H3,(H,33,37). The molecule has 39 heavy (non-hydrogen) atoms. The summed E-state index contributed by atoms with van der Waals surface area (Å²) in [5.41, 5.74) is 5.92. The van der Waals surface area contributed by atoms with Crippen LogP contribution in [0, 0.1) is 0 Å². The number of hydrogen-bond donors (Lipinski definition) is 2. The van der Waals surface area contributed by atoms with E-state index < -0.39 is 12.4 Å². The summed E-state index contributed by atoms with van der Waals surface area (Å²) in [6, 6.07) is 10.5. The molecule has 7 nitrogen and oxygen atoms in total. The van der Waals surface area contributed by atoms with Crippen LogP contribution in [0.2, 0.25) is 0 Å². The van der Waals surface area contributed by atoms with E-state index in [-0.39, 0.29) is 23.1 Å². The Bertz CT molecular complexity index is 1560. The number of esters is 1. The topological polar surface area (TPSA) is 87.3 Å². The molecule has 1 aliphatic heterocycles. The van der Waals surface area contributed by atoms with Crippen LogP contribution in [-0.4, -0.2) is 42.5 Å². The first-order valence-electron chi connectivity index (χ1n) is 12.9. The maximum absolute atomic E-state index is 14.4. The lowest BCUT2D eigenvalue weighted by Crippen LogP contribution is -2.25. The quantitative estimate of drug-likeness (QED) is 0.276. The van der Waals surface area contributed by atoms with Gasteiger partial charge >= 0.3 is 5.97 Å². The van der Waals surface area contributed by atoms with Crippen LogP contribution in [0.25, 0.3) is 22.0 Å². The van der Waals surface area contributed by atoms with Gasteiger partial charge in [-0.1, -0.05) is 19.9 Å². The minimum absolute atomic E-state index is 0.105. The van der Waals surface area contributed by atoms with Gasteiger partial charge in [-0.15, -0.1) is 0 Å². The number of anilines is 2. The number of ether oxygens (including phenoxy) is 1. The summed E-state index contributed by atoms with van der Waals surface area (Å²) >= 11 is 0. The van der Waals surface area contributed by atoms with Crippen LogP contribution < -0.4 is 10.2 Å². The number of halogens is 2. The molecule has 3 heterocycles. The Morgan fingerprint density at radius 2 is 1.92 bits per heavy atom. The molecule has 2 aromatic carbocycles. The van der Waals surface area contributed by atoms with E-state index in [1.54, 1.807) is 25.4 Å². The highest BCUT2D eigenvalue weighted by Crippen LogP contribution is 2.43. The lowest BCUT2D eigenvalue weighted by atomic mass is 9.91. The van der Waals surface area contributed by atoms with Crippen molar-refractivity contribution in [1.82, 2.24) is 15.3 Å². The Labute approximate surface area is 225 Å². The van der Waals surface area contributed by atoms with E-state index in [0.717, 1.165) is 46.2 Å². The number of H-pyrrole nitrogens is 1. The molecule has 5 rings (SSSR count). The van der Waals surface area contributed by atoms with Crippen LogP contribution in [0.1, 0.15) is 70.1 Å². The molecular weight excluding hydrogens is 502 g/mol. The van der Waals surface area contributed by atoms with Gasteiger partial charge in [0.25, 0.3) is 12.3 Å². The Morgan fingerprint density at radius 3 is 2.56 bits per heavy atom. The van der Waals surface area contributed by atoms with Gasteiger partial charge in [0.1, 0.15) is 5.69 Å². The zero-order valence-electron chi connectivity index (χ0n) is 22.3. The number of amides is 1. The molecule has 0 unspecified atom stereocenters. The van der Waals surface area contributed by atoms with E-state index in [9.17, 15) is 18.4 Å². The maximum atomic E-state index is 14.4. The van der Waals surface area contributed by atoms with Crippen molar-refractivity contribution in [2.45, 2.75) is 39.0 Å². The number of alkyl halides is 2. The number of aromatic amines is 1. The smallest absolute Gasteiger partial charge is 0.356 e. The summed E-state index contributed by atoms with van der Waals surface area (Å²) in [7, 11) is 2.86. The SMILES string of the molecule is CNC(=O)c1c[nH]c2c(C(C)C)cc(N3CCCc4cc(-c5ccc(C(=O)OC)nc5)c(C(F)F)cc43)cc12. The second-order valence-corrected chi connectivity index (χ2v) is 9.94. The lowest BCUT2D eigenvalue weighted by Gasteiger charge is -2.33. The molecule has 9 heteroatoms. The molecule has 1 aliphatic rings. The van der Waals surface area contributed by atoms with Crippen LogP contribution >= 0.6 is 0 Å². The van der Waals surface area contributed by atoms with Gasteiger partial charge in [0, 0.05) is 59.4 Å². The van der Waals surface area contributed by atoms with Crippen molar-refractivity contribution < 1.29 is 23.1 Å². The normalized spacial score (nSPS) is 13.2. The fourth-order valence-corrected chi connectivity index (χ4v) is 5.30. The molecule has 2 aromatic heterocycles. The highest BCUT2D eigenvalue weighted by atomic mass is 19.3. The number of aromatic nitrogens is 2. The predicted molar refractivity (Wildman–Crippen MR) is 147 cm³/mol. The lowest BCUT2D eigenvalue weighted by molar-refractivity contribution is 0.0594. The summed E-state index contributed by atoms with van der Waals surface area (Å²) in [5, 5.41) is 3.49. The number of pyridine rings is 1. The molecule has 0 atom stereocenters. The number of nitrogens with zero attached hydrogens (tertiary/aromatic N) is 2. The Hall–Kier alpha value is -4.27. The molecule has 0 radical (unpaired) electrons. The third-order valence-electron chi connectivity index (χ3n) is 7.28. The van der Waals surface area contributed by atoms with Gasteiger partial charge in [0.15, 0.2) is 0 Å². The van der Waals surface area contributed by atoms with E-state index in [4.69, 9.17) is 4.74 Å². The molecule has 202 valence electrons. The van der Waals surface area contributed by atoms with Gasteiger partial charge in [0.2, 0.25) is 0 Å². The second kappa shape index (κ2) is 10.5. The molecule has 0 bridgehead atoms. The molecular formula is C30H30F2N4O3. The fraction of sp³-hybridized carbons (Fsp3) is 0.300. The van der Waals surface area contributed by atoms with Gasteiger partial charge < -0.3 is 19.9 Å².